The summed E-state index contributed by atoms with van der Waals surface area (Å²) in [5, 5.41) is 12.6. The van der Waals surface area contributed by atoms with Crippen molar-refractivity contribution < 1.29 is 0 Å². The first-order chi connectivity index (χ1) is 23.8. The Kier molecular flexibility index (Phi) is 5.84. The Morgan fingerprint density at radius 2 is 0.854 bits per heavy atom. The summed E-state index contributed by atoms with van der Waals surface area (Å²) < 4.78 is 0. The third-order valence-electron chi connectivity index (χ3n) is 9.48. The van der Waals surface area contributed by atoms with Crippen LogP contribution in [0.15, 0.2) is 158 Å². The number of aromatic nitrogens is 4. The topological polar surface area (TPSA) is 51.6 Å². The lowest BCUT2D eigenvalue weighted by Crippen LogP contribution is -2.01. The van der Waals surface area contributed by atoms with Gasteiger partial charge in [-0.05, 0) is 67.4 Å². The number of nitrogens with zero attached hydrogens (tertiary/aromatic N) is 4. The van der Waals surface area contributed by atoms with Gasteiger partial charge in [0.15, 0.2) is 17.5 Å². The van der Waals surface area contributed by atoms with E-state index in [1.807, 2.05) is 12.3 Å². The van der Waals surface area contributed by atoms with Gasteiger partial charge in [-0.2, -0.15) is 0 Å². The summed E-state index contributed by atoms with van der Waals surface area (Å²) in [6.07, 6.45) is 1.99. The van der Waals surface area contributed by atoms with Crippen LogP contribution in [0, 0.1) is 0 Å². The summed E-state index contributed by atoms with van der Waals surface area (Å²) in [6, 6.07) is 53.2. The molecule has 0 fully saturated rings. The second-order valence-electron chi connectivity index (χ2n) is 12.3. The van der Waals surface area contributed by atoms with E-state index < -0.39 is 0 Å². The molecule has 10 rings (SSSR count). The van der Waals surface area contributed by atoms with Crippen LogP contribution in [-0.2, 0) is 0 Å². The lowest BCUT2D eigenvalue weighted by Gasteiger charge is -2.14. The molecule has 0 radical (unpaired) electrons. The maximum atomic E-state index is 5.25. The number of hydrogen-bond donors (Lipinski definition) is 0. The van der Waals surface area contributed by atoms with Crippen molar-refractivity contribution >= 4 is 64.8 Å². The molecule has 0 aliphatic rings. The minimum atomic E-state index is 0.633. The molecule has 0 unspecified atom stereocenters. The van der Waals surface area contributed by atoms with Gasteiger partial charge in [-0.3, -0.25) is 4.98 Å². The Hall–Kier alpha value is -6.52. The Morgan fingerprint density at radius 3 is 1.67 bits per heavy atom. The number of benzene rings is 8. The van der Waals surface area contributed by atoms with Crippen LogP contribution in [0.5, 0.6) is 0 Å². The predicted molar refractivity (Wildman–Crippen MR) is 199 cm³/mol. The molecule has 0 N–H and O–H groups in total. The molecule has 0 amide bonds. The fraction of sp³-hybridized carbons (Fsp3) is 0. The van der Waals surface area contributed by atoms with Gasteiger partial charge in [-0.25, -0.2) is 15.0 Å². The highest BCUT2D eigenvalue weighted by Crippen LogP contribution is 2.39. The molecule has 0 aliphatic carbocycles. The molecule has 48 heavy (non-hydrogen) atoms. The third kappa shape index (κ3) is 4.24. The molecule has 0 atom stereocenters. The summed E-state index contributed by atoms with van der Waals surface area (Å²) in [7, 11) is 0. The zero-order valence-electron chi connectivity index (χ0n) is 25.8. The SMILES string of the molecule is c1ccc2cc(-c3nc(-c4ccc5c(ccc6ccccc65)c4)nc(-c4cc5ccccc5c5cnc6ccccc6c45)n3)ccc2c1. The molecule has 2 heterocycles. The standard InChI is InChI=1S/C44H26N4/c1-2-11-29-23-32(20-17-27(29)9-1)42-46-43(33-21-22-36-31(24-33)19-18-28-10-3-5-13-34(28)36)48-44(47-42)38-25-30-12-4-6-14-35(30)39-26-45-40-16-8-7-15-37(40)41(38)39/h1-26H. The summed E-state index contributed by atoms with van der Waals surface area (Å²) >= 11 is 0. The molecule has 4 nitrogen and oxygen atoms in total. The van der Waals surface area contributed by atoms with Gasteiger partial charge in [0.1, 0.15) is 0 Å². The van der Waals surface area contributed by atoms with Crippen LogP contribution < -0.4 is 0 Å². The molecule has 0 saturated heterocycles. The first kappa shape index (κ1) is 26.7. The molecule has 0 saturated carbocycles. The zero-order chi connectivity index (χ0) is 31.6. The van der Waals surface area contributed by atoms with Gasteiger partial charge in [-0.15, -0.1) is 0 Å². The average Bonchev–Trinajstić information content (AvgIpc) is 3.16. The van der Waals surface area contributed by atoms with Crippen molar-refractivity contribution in [1.29, 1.82) is 0 Å². The highest BCUT2D eigenvalue weighted by molar-refractivity contribution is 6.21. The Labute approximate surface area is 276 Å². The molecule has 2 aromatic heterocycles. The summed E-state index contributed by atoms with van der Waals surface area (Å²) in [5.74, 6) is 1.91. The van der Waals surface area contributed by atoms with E-state index in [2.05, 4.69) is 146 Å². The van der Waals surface area contributed by atoms with Crippen molar-refractivity contribution in [2.45, 2.75) is 0 Å². The molecule has 8 aromatic carbocycles. The monoisotopic (exact) mass is 610 g/mol. The Bertz CT molecular complexity index is 2910. The summed E-state index contributed by atoms with van der Waals surface area (Å²) in [6.45, 7) is 0. The molecular weight excluding hydrogens is 585 g/mol. The third-order valence-corrected chi connectivity index (χ3v) is 9.48. The minimum Gasteiger partial charge on any atom is -0.256 e. The lowest BCUT2D eigenvalue weighted by atomic mass is 9.95. The molecule has 222 valence electrons. The van der Waals surface area contributed by atoms with Crippen LogP contribution in [0.2, 0.25) is 0 Å². The highest BCUT2D eigenvalue weighted by atomic mass is 15.0. The zero-order valence-corrected chi connectivity index (χ0v) is 25.8. The quantitative estimate of drug-likeness (QED) is 0.187. The van der Waals surface area contributed by atoms with E-state index in [0.29, 0.717) is 17.5 Å². The Morgan fingerprint density at radius 1 is 0.333 bits per heavy atom. The fourth-order valence-electron chi connectivity index (χ4n) is 7.14. The summed E-state index contributed by atoms with van der Waals surface area (Å²) in [5.41, 5.74) is 3.79. The number of hydrogen-bond acceptors (Lipinski definition) is 4. The lowest BCUT2D eigenvalue weighted by molar-refractivity contribution is 1.08. The van der Waals surface area contributed by atoms with Crippen LogP contribution >= 0.6 is 0 Å². The maximum absolute atomic E-state index is 5.25. The van der Waals surface area contributed by atoms with Crippen molar-refractivity contribution in [1.82, 2.24) is 19.9 Å². The van der Waals surface area contributed by atoms with Crippen molar-refractivity contribution in [3.8, 4) is 34.2 Å². The van der Waals surface area contributed by atoms with Crippen LogP contribution in [0.1, 0.15) is 0 Å². The van der Waals surface area contributed by atoms with Crippen LogP contribution in [0.3, 0.4) is 0 Å². The van der Waals surface area contributed by atoms with E-state index in [1.165, 1.54) is 21.5 Å². The molecule has 4 heteroatoms. The number of fused-ring (bicyclic) bond motifs is 9. The fourth-order valence-corrected chi connectivity index (χ4v) is 7.14. The molecular formula is C44H26N4. The van der Waals surface area contributed by atoms with Gasteiger partial charge in [0.25, 0.3) is 0 Å². The number of rotatable bonds is 3. The molecule has 10 aromatic rings. The number of pyridine rings is 1. The van der Waals surface area contributed by atoms with Crippen molar-refractivity contribution in [3.05, 3.63) is 158 Å². The van der Waals surface area contributed by atoms with E-state index in [-0.39, 0.29) is 0 Å². The summed E-state index contributed by atoms with van der Waals surface area (Å²) in [4.78, 5) is 20.5. The largest absolute Gasteiger partial charge is 0.256 e. The van der Waals surface area contributed by atoms with E-state index in [1.54, 1.807) is 0 Å². The second-order valence-corrected chi connectivity index (χ2v) is 12.3. The van der Waals surface area contributed by atoms with Crippen LogP contribution in [0.25, 0.3) is 98.9 Å². The van der Waals surface area contributed by atoms with Gasteiger partial charge in [0.2, 0.25) is 0 Å². The highest BCUT2D eigenvalue weighted by Gasteiger charge is 2.18. The van der Waals surface area contributed by atoms with Gasteiger partial charge in [-0.1, -0.05) is 127 Å². The van der Waals surface area contributed by atoms with Crippen molar-refractivity contribution in [2.24, 2.45) is 0 Å². The smallest absolute Gasteiger partial charge is 0.164 e. The van der Waals surface area contributed by atoms with Crippen LogP contribution in [0.4, 0.5) is 0 Å². The molecule has 0 aliphatic heterocycles. The van der Waals surface area contributed by atoms with Gasteiger partial charge >= 0.3 is 0 Å². The normalized spacial score (nSPS) is 11.8. The van der Waals surface area contributed by atoms with E-state index in [4.69, 9.17) is 19.9 Å². The van der Waals surface area contributed by atoms with E-state index in [0.717, 1.165) is 59.9 Å². The van der Waals surface area contributed by atoms with Crippen LogP contribution in [-0.4, -0.2) is 19.9 Å². The first-order valence-electron chi connectivity index (χ1n) is 16.1. The first-order valence-corrected chi connectivity index (χ1v) is 16.1. The van der Waals surface area contributed by atoms with Gasteiger partial charge in [0.05, 0.1) is 5.52 Å². The van der Waals surface area contributed by atoms with Crippen molar-refractivity contribution in [2.75, 3.05) is 0 Å². The molecule has 0 bridgehead atoms. The second kappa shape index (κ2) is 10.5. The van der Waals surface area contributed by atoms with Gasteiger partial charge in [0, 0.05) is 39.0 Å². The minimum absolute atomic E-state index is 0.633. The Balaban J connectivity index is 1.28. The van der Waals surface area contributed by atoms with E-state index in [9.17, 15) is 0 Å². The number of para-hydroxylation sites is 1. The molecule has 0 spiro atoms. The van der Waals surface area contributed by atoms with Crippen molar-refractivity contribution in [3.63, 3.8) is 0 Å². The van der Waals surface area contributed by atoms with Gasteiger partial charge < -0.3 is 0 Å². The predicted octanol–water partition coefficient (Wildman–Crippen LogP) is 11.2. The average molecular weight is 611 g/mol. The maximum Gasteiger partial charge on any atom is 0.164 e. The van der Waals surface area contributed by atoms with E-state index >= 15 is 0 Å².